The van der Waals surface area contributed by atoms with Crippen LogP contribution in [-0.2, 0) is 0 Å². The first-order chi connectivity index (χ1) is 9.16. The molecule has 1 saturated heterocycles. The summed E-state index contributed by atoms with van der Waals surface area (Å²) in [6, 6.07) is 5.84. The summed E-state index contributed by atoms with van der Waals surface area (Å²) in [6.45, 7) is 3.98. The van der Waals surface area contributed by atoms with E-state index < -0.39 is 5.91 Å². The van der Waals surface area contributed by atoms with Gasteiger partial charge in [0, 0.05) is 5.39 Å². The van der Waals surface area contributed by atoms with Gasteiger partial charge in [0.05, 0.1) is 5.56 Å². The topological polar surface area (TPSA) is 68.3 Å². The molecule has 1 fully saturated rings. The van der Waals surface area contributed by atoms with E-state index >= 15 is 0 Å². The van der Waals surface area contributed by atoms with Crippen LogP contribution >= 0.6 is 0 Å². The summed E-state index contributed by atoms with van der Waals surface area (Å²) < 4.78 is 5.68. The summed E-state index contributed by atoms with van der Waals surface area (Å²) in [4.78, 5) is 11.5. The van der Waals surface area contributed by atoms with Gasteiger partial charge in [-0.2, -0.15) is 0 Å². The van der Waals surface area contributed by atoms with Crippen LogP contribution in [0.25, 0.3) is 11.0 Å². The number of hydrogen-bond donors (Lipinski definition) is 2. The van der Waals surface area contributed by atoms with Crippen molar-refractivity contribution in [3.05, 3.63) is 35.1 Å². The highest BCUT2D eigenvalue weighted by Gasteiger charge is 2.21. The fourth-order valence-electron chi connectivity index (χ4n) is 2.95. The van der Waals surface area contributed by atoms with Crippen LogP contribution in [0, 0.1) is 6.92 Å². The Labute approximate surface area is 112 Å². The van der Waals surface area contributed by atoms with Crippen LogP contribution in [0.1, 0.15) is 40.4 Å². The van der Waals surface area contributed by atoms with Crippen LogP contribution in [0.15, 0.2) is 22.6 Å². The van der Waals surface area contributed by atoms with Crippen LogP contribution in [0.2, 0.25) is 0 Å². The van der Waals surface area contributed by atoms with E-state index in [2.05, 4.69) is 5.32 Å². The lowest BCUT2D eigenvalue weighted by molar-refractivity contribution is 0.100. The normalized spacial score (nSPS) is 16.9. The number of nitrogens with two attached hydrogens (primary N) is 1. The van der Waals surface area contributed by atoms with E-state index in [-0.39, 0.29) is 0 Å². The minimum Gasteiger partial charge on any atom is -0.461 e. The number of rotatable bonds is 2. The second-order valence-electron chi connectivity index (χ2n) is 5.19. The number of carbonyl (C=O) groups is 1. The molecule has 1 aliphatic heterocycles. The summed E-state index contributed by atoms with van der Waals surface area (Å²) in [7, 11) is 0. The van der Waals surface area contributed by atoms with E-state index in [4.69, 9.17) is 10.2 Å². The highest BCUT2D eigenvalue weighted by Crippen LogP contribution is 2.34. The largest absolute Gasteiger partial charge is 0.461 e. The van der Waals surface area contributed by atoms with Gasteiger partial charge in [0.1, 0.15) is 11.3 Å². The second-order valence-corrected chi connectivity index (χ2v) is 5.19. The van der Waals surface area contributed by atoms with Crippen molar-refractivity contribution in [1.82, 2.24) is 5.32 Å². The Balaban J connectivity index is 2.15. The van der Waals surface area contributed by atoms with Crippen LogP contribution < -0.4 is 11.1 Å². The Hall–Kier alpha value is -1.81. The fourth-order valence-corrected chi connectivity index (χ4v) is 2.95. The molecule has 2 aromatic rings. The minimum absolute atomic E-state index is 0.434. The van der Waals surface area contributed by atoms with Crippen LogP contribution in [-0.4, -0.2) is 19.0 Å². The minimum atomic E-state index is -0.434. The molecule has 3 rings (SSSR count). The van der Waals surface area contributed by atoms with Crippen molar-refractivity contribution in [3.8, 4) is 0 Å². The lowest BCUT2D eigenvalue weighted by Gasteiger charge is -2.23. The molecule has 0 atom stereocenters. The van der Waals surface area contributed by atoms with Crippen molar-refractivity contribution in [1.29, 1.82) is 0 Å². The van der Waals surface area contributed by atoms with Crippen molar-refractivity contribution in [2.45, 2.75) is 25.7 Å². The first-order valence-electron chi connectivity index (χ1n) is 6.70. The SMILES string of the molecule is Cc1cc2c(C3CCNCC3)ccc(C(N)=O)c2o1. The number of benzene rings is 1. The lowest BCUT2D eigenvalue weighted by atomic mass is 9.87. The molecule has 0 aliphatic carbocycles. The lowest BCUT2D eigenvalue weighted by Crippen LogP contribution is -2.26. The number of primary amides is 1. The highest BCUT2D eigenvalue weighted by molar-refractivity contribution is 6.05. The second kappa shape index (κ2) is 4.70. The molecular formula is C15H18N2O2. The van der Waals surface area contributed by atoms with Crippen molar-refractivity contribution in [2.75, 3.05) is 13.1 Å². The van der Waals surface area contributed by atoms with Crippen molar-refractivity contribution in [3.63, 3.8) is 0 Å². The molecule has 4 heteroatoms. The monoisotopic (exact) mass is 258 g/mol. The Bertz CT molecular complexity index is 624. The van der Waals surface area contributed by atoms with Gasteiger partial charge in [0.15, 0.2) is 0 Å². The van der Waals surface area contributed by atoms with E-state index in [1.54, 1.807) is 6.07 Å². The molecule has 0 spiro atoms. The molecule has 0 unspecified atom stereocenters. The van der Waals surface area contributed by atoms with Crippen LogP contribution in [0.5, 0.6) is 0 Å². The molecule has 2 heterocycles. The standard InChI is InChI=1S/C15H18N2O2/c1-9-8-13-11(10-4-6-17-7-5-10)2-3-12(15(16)18)14(13)19-9/h2-3,8,10,17H,4-7H2,1H3,(H2,16,18). The molecule has 3 N–H and O–H groups in total. The van der Waals surface area contributed by atoms with Gasteiger partial charge in [-0.1, -0.05) is 6.07 Å². The molecule has 1 aliphatic rings. The number of hydrogen-bond acceptors (Lipinski definition) is 3. The third kappa shape index (κ3) is 2.12. The predicted octanol–water partition coefficient (Wildman–Crippen LogP) is 2.31. The number of furan rings is 1. The third-order valence-electron chi connectivity index (χ3n) is 3.88. The van der Waals surface area contributed by atoms with Gasteiger partial charge in [-0.25, -0.2) is 0 Å². The zero-order valence-corrected chi connectivity index (χ0v) is 11.0. The van der Waals surface area contributed by atoms with E-state index in [1.807, 2.05) is 19.1 Å². The van der Waals surface area contributed by atoms with Crippen molar-refractivity contribution < 1.29 is 9.21 Å². The first-order valence-corrected chi connectivity index (χ1v) is 6.70. The molecule has 1 aromatic heterocycles. The van der Waals surface area contributed by atoms with Gasteiger partial charge < -0.3 is 15.5 Å². The molecule has 100 valence electrons. The van der Waals surface area contributed by atoms with Gasteiger partial charge >= 0.3 is 0 Å². The van der Waals surface area contributed by atoms with E-state index in [0.29, 0.717) is 17.1 Å². The Morgan fingerprint density at radius 2 is 2.11 bits per heavy atom. The maximum Gasteiger partial charge on any atom is 0.252 e. The highest BCUT2D eigenvalue weighted by atomic mass is 16.3. The number of aryl methyl sites for hydroxylation is 1. The molecule has 1 amide bonds. The van der Waals surface area contributed by atoms with Crippen LogP contribution in [0.3, 0.4) is 0 Å². The van der Waals surface area contributed by atoms with Crippen molar-refractivity contribution in [2.24, 2.45) is 5.73 Å². The summed E-state index contributed by atoms with van der Waals surface area (Å²) >= 11 is 0. The predicted molar refractivity (Wildman–Crippen MR) is 74.3 cm³/mol. The summed E-state index contributed by atoms with van der Waals surface area (Å²) in [5.41, 5.74) is 7.80. The summed E-state index contributed by atoms with van der Waals surface area (Å²) in [5.74, 6) is 0.915. The first kappa shape index (κ1) is 12.2. The third-order valence-corrected chi connectivity index (χ3v) is 3.88. The number of piperidine rings is 1. The Morgan fingerprint density at radius 1 is 1.37 bits per heavy atom. The maximum absolute atomic E-state index is 11.5. The smallest absolute Gasteiger partial charge is 0.252 e. The van der Waals surface area contributed by atoms with Crippen LogP contribution in [0.4, 0.5) is 0 Å². The van der Waals surface area contributed by atoms with E-state index in [0.717, 1.165) is 37.1 Å². The Morgan fingerprint density at radius 3 is 2.79 bits per heavy atom. The number of carbonyl (C=O) groups excluding carboxylic acids is 1. The van der Waals surface area contributed by atoms with Gasteiger partial charge in [0.2, 0.25) is 0 Å². The summed E-state index contributed by atoms with van der Waals surface area (Å²) in [6.07, 6.45) is 2.24. The molecule has 1 aromatic carbocycles. The zero-order valence-electron chi connectivity index (χ0n) is 11.0. The Kier molecular flexibility index (Phi) is 3.03. The summed E-state index contributed by atoms with van der Waals surface area (Å²) in [5, 5.41) is 4.41. The van der Waals surface area contributed by atoms with E-state index in [9.17, 15) is 4.79 Å². The molecular weight excluding hydrogens is 240 g/mol. The van der Waals surface area contributed by atoms with E-state index in [1.165, 1.54) is 5.56 Å². The average Bonchev–Trinajstić information content (AvgIpc) is 2.79. The molecule has 4 nitrogen and oxygen atoms in total. The molecule has 0 bridgehead atoms. The average molecular weight is 258 g/mol. The zero-order chi connectivity index (χ0) is 13.4. The van der Waals surface area contributed by atoms with Gasteiger partial charge in [-0.05, 0) is 56.5 Å². The van der Waals surface area contributed by atoms with Gasteiger partial charge in [0.25, 0.3) is 5.91 Å². The van der Waals surface area contributed by atoms with Crippen molar-refractivity contribution >= 4 is 16.9 Å². The number of nitrogens with one attached hydrogen (secondary N) is 1. The van der Waals surface area contributed by atoms with Gasteiger partial charge in [-0.15, -0.1) is 0 Å². The number of fused-ring (bicyclic) bond motifs is 1. The number of amides is 1. The maximum atomic E-state index is 11.5. The van der Waals surface area contributed by atoms with Gasteiger partial charge in [-0.3, -0.25) is 4.79 Å². The molecule has 0 saturated carbocycles. The quantitative estimate of drug-likeness (QED) is 0.868. The fraction of sp³-hybridized carbons (Fsp3) is 0.400. The molecule has 19 heavy (non-hydrogen) atoms. The molecule has 0 radical (unpaired) electrons.